The van der Waals surface area contributed by atoms with Crippen molar-refractivity contribution in [3.8, 4) is 0 Å². The maximum atomic E-state index is 3.61. The fourth-order valence-corrected chi connectivity index (χ4v) is 2.84. The minimum atomic E-state index is 0.845. The summed E-state index contributed by atoms with van der Waals surface area (Å²) in [6.45, 7) is 11.7. The van der Waals surface area contributed by atoms with Gasteiger partial charge in [-0.3, -0.25) is 0 Å². The van der Waals surface area contributed by atoms with E-state index in [1.165, 1.54) is 77.3 Å². The van der Waals surface area contributed by atoms with Crippen LogP contribution in [0.5, 0.6) is 0 Å². The van der Waals surface area contributed by atoms with Crippen LogP contribution in [0.1, 0.15) is 91.9 Å². The Hall–Kier alpha value is -0.0400. The molecule has 1 atom stereocenters. The molecule has 0 aliphatic carbocycles. The lowest BCUT2D eigenvalue weighted by Gasteiger charge is -2.19. The molecule has 1 N–H and O–H groups in total. The van der Waals surface area contributed by atoms with Gasteiger partial charge in [0.1, 0.15) is 0 Å². The van der Waals surface area contributed by atoms with Crippen molar-refractivity contribution in [3.05, 3.63) is 0 Å². The van der Waals surface area contributed by atoms with E-state index >= 15 is 0 Å². The first-order valence-electron chi connectivity index (χ1n) is 8.91. The van der Waals surface area contributed by atoms with E-state index in [2.05, 4.69) is 33.0 Å². The highest BCUT2D eigenvalue weighted by Gasteiger charge is 2.10. The topological polar surface area (TPSA) is 12.0 Å². The fourth-order valence-electron chi connectivity index (χ4n) is 2.84. The summed E-state index contributed by atoms with van der Waals surface area (Å²) in [6.07, 6.45) is 14.1. The average molecular weight is 270 g/mol. The largest absolute Gasteiger partial charge is 0.316 e. The van der Waals surface area contributed by atoms with E-state index in [0.29, 0.717) is 0 Å². The van der Waals surface area contributed by atoms with Crippen molar-refractivity contribution in [2.75, 3.05) is 13.1 Å². The lowest BCUT2D eigenvalue weighted by molar-refractivity contribution is 0.354. The van der Waals surface area contributed by atoms with Crippen molar-refractivity contribution in [3.63, 3.8) is 0 Å². The molecule has 0 radical (unpaired) electrons. The quantitative estimate of drug-likeness (QED) is 0.394. The second-order valence-electron chi connectivity index (χ2n) is 6.61. The Bertz CT molecular complexity index is 165. The van der Waals surface area contributed by atoms with E-state index in [0.717, 1.165) is 11.8 Å². The minimum Gasteiger partial charge on any atom is -0.316 e. The molecule has 0 heterocycles. The first kappa shape index (κ1) is 19.0. The van der Waals surface area contributed by atoms with E-state index in [1.54, 1.807) is 0 Å². The molecule has 0 aliphatic heterocycles. The Balaban J connectivity index is 3.55. The van der Waals surface area contributed by atoms with Gasteiger partial charge in [-0.2, -0.15) is 0 Å². The van der Waals surface area contributed by atoms with Crippen LogP contribution in [0.3, 0.4) is 0 Å². The molecule has 0 spiro atoms. The maximum Gasteiger partial charge on any atom is -0.00204 e. The molecule has 0 aliphatic rings. The number of hydrogen-bond acceptors (Lipinski definition) is 1. The van der Waals surface area contributed by atoms with Crippen LogP contribution in [-0.4, -0.2) is 13.1 Å². The molecule has 1 heteroatoms. The van der Waals surface area contributed by atoms with Crippen LogP contribution >= 0.6 is 0 Å². The highest BCUT2D eigenvalue weighted by molar-refractivity contribution is 4.65. The van der Waals surface area contributed by atoms with Crippen LogP contribution in [0.4, 0.5) is 0 Å². The summed E-state index contributed by atoms with van der Waals surface area (Å²) >= 11 is 0. The van der Waals surface area contributed by atoms with Crippen LogP contribution in [-0.2, 0) is 0 Å². The van der Waals surface area contributed by atoms with Crippen molar-refractivity contribution in [2.24, 2.45) is 11.8 Å². The lowest BCUT2D eigenvalue weighted by Crippen LogP contribution is -2.24. The van der Waals surface area contributed by atoms with Gasteiger partial charge in [-0.15, -0.1) is 0 Å². The Morgan fingerprint density at radius 1 is 0.789 bits per heavy atom. The van der Waals surface area contributed by atoms with E-state index < -0.39 is 0 Å². The summed E-state index contributed by atoms with van der Waals surface area (Å²) in [5, 5.41) is 3.61. The molecule has 0 saturated heterocycles. The molecule has 0 rings (SSSR count). The first-order chi connectivity index (χ1) is 9.20. The average Bonchev–Trinajstić information content (AvgIpc) is 2.37. The number of rotatable bonds is 14. The fraction of sp³-hybridized carbons (Fsp3) is 1.00. The van der Waals surface area contributed by atoms with Crippen molar-refractivity contribution in [1.82, 2.24) is 5.32 Å². The molecule has 116 valence electrons. The Morgan fingerprint density at radius 2 is 1.42 bits per heavy atom. The third-order valence-corrected chi connectivity index (χ3v) is 3.88. The van der Waals surface area contributed by atoms with Crippen LogP contribution in [0, 0.1) is 11.8 Å². The van der Waals surface area contributed by atoms with E-state index in [4.69, 9.17) is 0 Å². The molecular formula is C18H39N. The third kappa shape index (κ3) is 14.2. The summed E-state index contributed by atoms with van der Waals surface area (Å²) in [6, 6.07) is 0. The Morgan fingerprint density at radius 3 is 2.00 bits per heavy atom. The van der Waals surface area contributed by atoms with Gasteiger partial charge in [-0.1, -0.05) is 72.6 Å². The van der Waals surface area contributed by atoms with E-state index in [1.807, 2.05) is 0 Å². The smallest absolute Gasteiger partial charge is 0.00204 e. The summed E-state index contributed by atoms with van der Waals surface area (Å²) in [5.41, 5.74) is 0. The normalized spacial score (nSPS) is 13.1. The van der Waals surface area contributed by atoms with Gasteiger partial charge in [0.2, 0.25) is 0 Å². The van der Waals surface area contributed by atoms with Gasteiger partial charge < -0.3 is 5.32 Å². The van der Waals surface area contributed by atoms with Crippen LogP contribution < -0.4 is 5.32 Å². The molecule has 0 saturated carbocycles. The summed E-state index contributed by atoms with van der Waals surface area (Å²) < 4.78 is 0. The first-order valence-corrected chi connectivity index (χ1v) is 8.91. The van der Waals surface area contributed by atoms with Crippen LogP contribution in [0.25, 0.3) is 0 Å². The molecule has 0 amide bonds. The van der Waals surface area contributed by atoms with Crippen molar-refractivity contribution in [2.45, 2.75) is 91.9 Å². The summed E-state index contributed by atoms with van der Waals surface area (Å²) in [4.78, 5) is 0. The van der Waals surface area contributed by atoms with Gasteiger partial charge in [-0.05, 0) is 44.2 Å². The molecule has 0 fully saturated rings. The molecule has 1 nitrogen and oxygen atoms in total. The van der Waals surface area contributed by atoms with Gasteiger partial charge >= 0.3 is 0 Å². The molecule has 1 unspecified atom stereocenters. The zero-order chi connectivity index (χ0) is 14.3. The van der Waals surface area contributed by atoms with Gasteiger partial charge in [0.25, 0.3) is 0 Å². The van der Waals surface area contributed by atoms with Crippen LogP contribution in [0.2, 0.25) is 0 Å². The van der Waals surface area contributed by atoms with Gasteiger partial charge in [0, 0.05) is 0 Å². The van der Waals surface area contributed by atoms with Gasteiger partial charge in [0.05, 0.1) is 0 Å². The van der Waals surface area contributed by atoms with Crippen molar-refractivity contribution in [1.29, 1.82) is 0 Å². The van der Waals surface area contributed by atoms with E-state index in [-0.39, 0.29) is 0 Å². The highest BCUT2D eigenvalue weighted by atomic mass is 14.8. The number of unbranched alkanes of at least 4 members (excludes halogenated alkanes) is 6. The Kier molecular flexibility index (Phi) is 14.3. The van der Waals surface area contributed by atoms with E-state index in [9.17, 15) is 0 Å². The molecule has 0 aromatic carbocycles. The molecule has 0 bridgehead atoms. The number of hydrogen-bond donors (Lipinski definition) is 1. The second kappa shape index (κ2) is 14.4. The van der Waals surface area contributed by atoms with Crippen molar-refractivity contribution >= 4 is 0 Å². The SMILES string of the molecule is CCCCCCCCCC(CNCCC)CC(C)C. The third-order valence-electron chi connectivity index (χ3n) is 3.88. The molecular weight excluding hydrogens is 230 g/mol. The second-order valence-corrected chi connectivity index (χ2v) is 6.61. The predicted molar refractivity (Wildman–Crippen MR) is 88.7 cm³/mol. The lowest BCUT2D eigenvalue weighted by atomic mass is 9.91. The molecule has 0 aromatic rings. The van der Waals surface area contributed by atoms with Crippen LogP contribution in [0.15, 0.2) is 0 Å². The summed E-state index contributed by atoms with van der Waals surface area (Å²) in [5.74, 6) is 1.75. The van der Waals surface area contributed by atoms with Gasteiger partial charge in [0.15, 0.2) is 0 Å². The zero-order valence-corrected chi connectivity index (χ0v) is 14.1. The minimum absolute atomic E-state index is 0.845. The standard InChI is InChI=1S/C18H39N/c1-5-7-8-9-10-11-12-13-18(15-17(3)4)16-19-14-6-2/h17-19H,5-16H2,1-4H3. The Labute approximate surface area is 122 Å². The highest BCUT2D eigenvalue weighted by Crippen LogP contribution is 2.19. The molecule has 19 heavy (non-hydrogen) atoms. The maximum absolute atomic E-state index is 3.61. The zero-order valence-electron chi connectivity index (χ0n) is 14.1. The molecule has 0 aromatic heterocycles. The summed E-state index contributed by atoms with van der Waals surface area (Å²) in [7, 11) is 0. The van der Waals surface area contributed by atoms with Crippen molar-refractivity contribution < 1.29 is 0 Å². The van der Waals surface area contributed by atoms with Gasteiger partial charge in [-0.25, -0.2) is 0 Å². The number of nitrogens with one attached hydrogen (secondary N) is 1. The predicted octanol–water partition coefficient (Wildman–Crippen LogP) is 5.79. The monoisotopic (exact) mass is 269 g/mol.